The summed E-state index contributed by atoms with van der Waals surface area (Å²) in [5.74, 6) is 0.634. The number of carbonyl (C=O) groups excluding carboxylic acids is 1. The van der Waals surface area contributed by atoms with Crippen LogP contribution in [0.3, 0.4) is 0 Å². The highest BCUT2D eigenvalue weighted by Crippen LogP contribution is 2.28. The first-order valence-electron chi connectivity index (χ1n) is 8.55. The molecule has 0 bridgehead atoms. The van der Waals surface area contributed by atoms with Crippen LogP contribution in [0.1, 0.15) is 24.5 Å². The molecule has 2 aromatic carbocycles. The molecule has 0 spiro atoms. The molecule has 0 atom stereocenters. The van der Waals surface area contributed by atoms with Crippen LogP contribution in [0.2, 0.25) is 5.02 Å². The molecule has 0 saturated heterocycles. The largest absolute Gasteiger partial charge is 0.316 e. The van der Waals surface area contributed by atoms with Gasteiger partial charge in [0.05, 0.1) is 15.2 Å². The standard InChI is InChI=1S/C20H21ClN2OS2/c1-4-23-18-14(3)7-10-16(21)19(18)26-20(23)22-17(24)11-12-25-15-8-5-13(2)6-9-15/h5-10H,4,11-12H2,1-3H3. The first-order chi connectivity index (χ1) is 12.5. The number of fused-ring (bicyclic) bond motifs is 1. The first kappa shape index (κ1) is 19.2. The molecule has 3 aromatic rings. The van der Waals surface area contributed by atoms with Gasteiger partial charge in [0.25, 0.3) is 0 Å². The van der Waals surface area contributed by atoms with Crippen molar-refractivity contribution in [1.29, 1.82) is 0 Å². The monoisotopic (exact) mass is 404 g/mol. The van der Waals surface area contributed by atoms with Crippen molar-refractivity contribution in [3.63, 3.8) is 0 Å². The highest BCUT2D eigenvalue weighted by atomic mass is 35.5. The van der Waals surface area contributed by atoms with Gasteiger partial charge in [-0.2, -0.15) is 4.99 Å². The summed E-state index contributed by atoms with van der Waals surface area (Å²) in [7, 11) is 0. The number of rotatable bonds is 5. The third-order valence-corrected chi connectivity index (χ3v) is 6.67. The quantitative estimate of drug-likeness (QED) is 0.518. The van der Waals surface area contributed by atoms with Crippen molar-refractivity contribution < 1.29 is 4.79 Å². The normalized spacial score (nSPS) is 12.1. The maximum Gasteiger partial charge on any atom is 0.249 e. The van der Waals surface area contributed by atoms with E-state index in [-0.39, 0.29) is 5.91 Å². The molecule has 26 heavy (non-hydrogen) atoms. The number of thiazole rings is 1. The van der Waals surface area contributed by atoms with E-state index in [1.807, 2.05) is 12.1 Å². The second-order valence-electron chi connectivity index (χ2n) is 6.09. The summed E-state index contributed by atoms with van der Waals surface area (Å²) in [6.07, 6.45) is 0.420. The number of benzene rings is 2. The van der Waals surface area contributed by atoms with E-state index in [2.05, 4.69) is 54.6 Å². The van der Waals surface area contributed by atoms with Gasteiger partial charge in [-0.05, 0) is 44.5 Å². The van der Waals surface area contributed by atoms with Crippen LogP contribution in [-0.4, -0.2) is 16.2 Å². The van der Waals surface area contributed by atoms with E-state index in [0.29, 0.717) is 11.4 Å². The smallest absolute Gasteiger partial charge is 0.249 e. The molecule has 0 radical (unpaired) electrons. The fourth-order valence-electron chi connectivity index (χ4n) is 2.75. The summed E-state index contributed by atoms with van der Waals surface area (Å²) in [4.78, 5) is 18.6. The fraction of sp³-hybridized carbons (Fsp3) is 0.300. The van der Waals surface area contributed by atoms with Gasteiger partial charge in [-0.3, -0.25) is 4.79 Å². The lowest BCUT2D eigenvalue weighted by atomic mass is 10.2. The lowest BCUT2D eigenvalue weighted by molar-refractivity contribution is -0.117. The molecule has 0 fully saturated rings. The summed E-state index contributed by atoms with van der Waals surface area (Å²) >= 11 is 9.51. The van der Waals surface area contributed by atoms with Gasteiger partial charge < -0.3 is 4.57 Å². The fourth-order valence-corrected chi connectivity index (χ4v) is 5.05. The molecule has 0 aliphatic carbocycles. The van der Waals surface area contributed by atoms with Gasteiger partial charge in [0, 0.05) is 23.6 Å². The summed E-state index contributed by atoms with van der Waals surface area (Å²) in [5.41, 5.74) is 3.46. The van der Waals surface area contributed by atoms with E-state index < -0.39 is 0 Å². The highest BCUT2D eigenvalue weighted by molar-refractivity contribution is 7.99. The number of nitrogens with zero attached hydrogens (tertiary/aromatic N) is 2. The van der Waals surface area contributed by atoms with Crippen molar-refractivity contribution in [1.82, 2.24) is 4.57 Å². The van der Waals surface area contributed by atoms with Gasteiger partial charge in [-0.15, -0.1) is 11.8 Å². The van der Waals surface area contributed by atoms with Crippen LogP contribution < -0.4 is 4.80 Å². The molecule has 1 amide bonds. The van der Waals surface area contributed by atoms with Gasteiger partial charge in [0.2, 0.25) is 5.91 Å². The predicted molar refractivity (Wildman–Crippen MR) is 112 cm³/mol. The van der Waals surface area contributed by atoms with Gasteiger partial charge in [0.1, 0.15) is 0 Å². The van der Waals surface area contributed by atoms with Gasteiger partial charge >= 0.3 is 0 Å². The molecule has 0 aliphatic rings. The molecule has 6 heteroatoms. The molecular weight excluding hydrogens is 384 g/mol. The van der Waals surface area contributed by atoms with Crippen molar-refractivity contribution >= 4 is 50.8 Å². The predicted octanol–water partition coefficient (Wildman–Crippen LogP) is 5.60. The minimum atomic E-state index is -0.0906. The maximum atomic E-state index is 12.4. The zero-order chi connectivity index (χ0) is 18.7. The Bertz CT molecular complexity index is 1000. The summed E-state index contributed by atoms with van der Waals surface area (Å²) in [6, 6.07) is 12.3. The Morgan fingerprint density at radius 1 is 1.19 bits per heavy atom. The van der Waals surface area contributed by atoms with Crippen LogP contribution in [0, 0.1) is 13.8 Å². The van der Waals surface area contributed by atoms with E-state index in [1.165, 1.54) is 21.8 Å². The molecule has 0 saturated carbocycles. The van der Waals surface area contributed by atoms with Gasteiger partial charge in [0.15, 0.2) is 4.80 Å². The zero-order valence-electron chi connectivity index (χ0n) is 15.1. The van der Waals surface area contributed by atoms with Crippen LogP contribution in [0.15, 0.2) is 46.3 Å². The Labute approximate surface area is 166 Å². The van der Waals surface area contributed by atoms with Gasteiger partial charge in [-0.25, -0.2) is 0 Å². The van der Waals surface area contributed by atoms with Crippen molar-refractivity contribution in [3.8, 4) is 0 Å². The number of halogens is 1. The Morgan fingerprint density at radius 3 is 2.62 bits per heavy atom. The van der Waals surface area contributed by atoms with E-state index in [0.717, 1.165) is 32.9 Å². The molecule has 3 nitrogen and oxygen atoms in total. The topological polar surface area (TPSA) is 34.4 Å². The van der Waals surface area contributed by atoms with E-state index in [4.69, 9.17) is 11.6 Å². The van der Waals surface area contributed by atoms with Crippen LogP contribution in [-0.2, 0) is 11.3 Å². The van der Waals surface area contributed by atoms with Crippen molar-refractivity contribution in [2.45, 2.75) is 38.6 Å². The summed E-state index contributed by atoms with van der Waals surface area (Å²) < 4.78 is 3.07. The molecule has 0 aliphatic heterocycles. The summed E-state index contributed by atoms with van der Waals surface area (Å²) in [5, 5.41) is 0.710. The maximum absolute atomic E-state index is 12.4. The van der Waals surface area contributed by atoms with Crippen molar-refractivity contribution in [3.05, 3.63) is 57.3 Å². The number of hydrogen-bond donors (Lipinski definition) is 0. The molecule has 0 unspecified atom stereocenters. The lowest BCUT2D eigenvalue weighted by Crippen LogP contribution is -2.16. The number of carbonyl (C=O) groups is 1. The van der Waals surface area contributed by atoms with Crippen LogP contribution in [0.4, 0.5) is 0 Å². The van der Waals surface area contributed by atoms with Gasteiger partial charge in [-0.1, -0.05) is 46.7 Å². The van der Waals surface area contributed by atoms with Crippen LogP contribution in [0.5, 0.6) is 0 Å². The average molecular weight is 405 g/mol. The Balaban J connectivity index is 1.78. The molecule has 1 heterocycles. The first-order valence-corrected chi connectivity index (χ1v) is 10.7. The Kier molecular flexibility index (Phi) is 6.22. The number of aryl methyl sites for hydroxylation is 3. The van der Waals surface area contributed by atoms with E-state index >= 15 is 0 Å². The third kappa shape index (κ3) is 4.22. The Hall–Kier alpha value is -1.56. The zero-order valence-corrected chi connectivity index (χ0v) is 17.5. The minimum Gasteiger partial charge on any atom is -0.316 e. The number of thioether (sulfide) groups is 1. The molecular formula is C20H21ClN2OS2. The second-order valence-corrected chi connectivity index (χ2v) is 8.64. The van der Waals surface area contributed by atoms with E-state index in [9.17, 15) is 4.79 Å². The highest BCUT2D eigenvalue weighted by Gasteiger charge is 2.11. The summed E-state index contributed by atoms with van der Waals surface area (Å²) in [6.45, 7) is 6.94. The SMILES string of the molecule is CCn1c(=NC(=O)CCSc2ccc(C)cc2)sc2c(Cl)ccc(C)c21. The molecule has 136 valence electrons. The number of amides is 1. The second kappa shape index (κ2) is 8.42. The van der Waals surface area contributed by atoms with Crippen LogP contribution in [0.25, 0.3) is 10.2 Å². The van der Waals surface area contributed by atoms with E-state index in [1.54, 1.807) is 11.8 Å². The third-order valence-electron chi connectivity index (χ3n) is 4.12. The number of hydrogen-bond acceptors (Lipinski definition) is 3. The lowest BCUT2D eigenvalue weighted by Gasteiger charge is -2.04. The van der Waals surface area contributed by atoms with Crippen molar-refractivity contribution in [2.75, 3.05) is 5.75 Å². The average Bonchev–Trinajstić information content (AvgIpc) is 2.99. The van der Waals surface area contributed by atoms with Crippen molar-refractivity contribution in [2.24, 2.45) is 4.99 Å². The Morgan fingerprint density at radius 2 is 1.92 bits per heavy atom. The number of aromatic nitrogens is 1. The minimum absolute atomic E-state index is 0.0906. The molecule has 0 N–H and O–H groups in total. The van der Waals surface area contributed by atoms with Crippen LogP contribution >= 0.6 is 34.7 Å². The molecule has 3 rings (SSSR count). The molecule has 1 aromatic heterocycles.